The molecule has 4 heteroatoms. The largest absolute Gasteiger partial charge is 0.462 e. The van der Waals surface area contributed by atoms with Gasteiger partial charge in [0.25, 0.3) is 0 Å². The lowest BCUT2D eigenvalue weighted by Crippen LogP contribution is -2.21. The van der Waals surface area contributed by atoms with E-state index in [1.807, 2.05) is 0 Å². The average molecular weight is 278 g/mol. The molecule has 0 radical (unpaired) electrons. The fourth-order valence-electron chi connectivity index (χ4n) is 2.50. The summed E-state index contributed by atoms with van der Waals surface area (Å²) in [4.78, 5) is 22.5. The van der Waals surface area contributed by atoms with Crippen molar-refractivity contribution in [3.05, 3.63) is 35.4 Å². The second-order valence-electron chi connectivity index (χ2n) is 5.35. The van der Waals surface area contributed by atoms with Gasteiger partial charge in [-0.05, 0) is 49.3 Å². The number of esters is 1. The minimum absolute atomic E-state index is 0.176. The van der Waals surface area contributed by atoms with Gasteiger partial charge in [0.2, 0.25) is 0 Å². The summed E-state index contributed by atoms with van der Waals surface area (Å²) >= 11 is 0. The van der Waals surface area contributed by atoms with Gasteiger partial charge in [0, 0.05) is 5.92 Å². The summed E-state index contributed by atoms with van der Waals surface area (Å²) in [6.07, 6.45) is 4.65. The first-order valence-corrected chi connectivity index (χ1v) is 7.00. The van der Waals surface area contributed by atoms with E-state index in [1.165, 1.54) is 0 Å². The highest BCUT2D eigenvalue weighted by molar-refractivity contribution is 5.89. The zero-order chi connectivity index (χ0) is 14.4. The second-order valence-corrected chi connectivity index (χ2v) is 5.35. The highest BCUT2D eigenvalue weighted by Gasteiger charge is 2.22. The van der Waals surface area contributed by atoms with Crippen LogP contribution in [0.2, 0.25) is 0 Å². The number of carbonyl (C=O) groups excluding carboxylic acids is 2. The van der Waals surface area contributed by atoms with Crippen LogP contribution in [0, 0.1) is 11.8 Å². The molecule has 3 nitrogen and oxygen atoms in total. The Morgan fingerprint density at radius 1 is 1.20 bits per heavy atom. The van der Waals surface area contributed by atoms with Gasteiger partial charge in [-0.3, -0.25) is 0 Å². The van der Waals surface area contributed by atoms with Crippen molar-refractivity contribution in [3.63, 3.8) is 0 Å². The molecular weight excluding hydrogens is 259 g/mol. The topological polar surface area (TPSA) is 43.4 Å². The molecule has 2 rings (SSSR count). The van der Waals surface area contributed by atoms with Crippen molar-refractivity contribution in [2.75, 3.05) is 6.61 Å². The first-order chi connectivity index (χ1) is 9.72. The van der Waals surface area contributed by atoms with Crippen molar-refractivity contribution in [3.8, 4) is 0 Å². The summed E-state index contributed by atoms with van der Waals surface area (Å²) in [6.45, 7) is -0.134. The van der Waals surface area contributed by atoms with Crippen molar-refractivity contribution < 1.29 is 18.7 Å². The van der Waals surface area contributed by atoms with E-state index in [1.54, 1.807) is 24.3 Å². The Hall–Kier alpha value is -1.71. The number of rotatable bonds is 5. The molecule has 0 N–H and O–H groups in total. The van der Waals surface area contributed by atoms with Crippen molar-refractivity contribution in [2.24, 2.45) is 11.8 Å². The van der Waals surface area contributed by atoms with E-state index >= 15 is 0 Å². The Morgan fingerprint density at radius 2 is 1.85 bits per heavy atom. The van der Waals surface area contributed by atoms with Crippen molar-refractivity contribution in [1.82, 2.24) is 0 Å². The van der Waals surface area contributed by atoms with Gasteiger partial charge in [0.15, 0.2) is 0 Å². The molecule has 1 saturated carbocycles. The lowest BCUT2D eigenvalue weighted by molar-refractivity contribution is -0.112. The molecule has 1 aromatic carbocycles. The summed E-state index contributed by atoms with van der Waals surface area (Å²) in [5.41, 5.74) is 0.998. The molecule has 0 bridgehead atoms. The average Bonchev–Trinajstić information content (AvgIpc) is 2.53. The fourth-order valence-corrected chi connectivity index (χ4v) is 2.50. The van der Waals surface area contributed by atoms with Crippen LogP contribution in [0.25, 0.3) is 0 Å². The molecule has 0 heterocycles. The molecule has 0 amide bonds. The molecule has 0 aliphatic heterocycles. The van der Waals surface area contributed by atoms with E-state index in [-0.39, 0.29) is 11.9 Å². The molecular formula is C16H19FO3. The predicted molar refractivity (Wildman–Crippen MR) is 73.0 cm³/mol. The molecule has 0 spiro atoms. The van der Waals surface area contributed by atoms with Crippen molar-refractivity contribution in [1.29, 1.82) is 0 Å². The Bertz CT molecular complexity index is 447. The fraction of sp³-hybridized carbons (Fsp3) is 0.500. The van der Waals surface area contributed by atoms with Gasteiger partial charge in [-0.25, -0.2) is 9.18 Å². The first-order valence-electron chi connectivity index (χ1n) is 7.00. The lowest BCUT2D eigenvalue weighted by Gasteiger charge is -2.24. The predicted octanol–water partition coefficient (Wildman–Crippen LogP) is 3.32. The maximum atomic E-state index is 12.4. The third-order valence-electron chi connectivity index (χ3n) is 3.88. The normalized spacial score (nSPS) is 22.2. The van der Waals surface area contributed by atoms with Crippen LogP contribution in [0.15, 0.2) is 24.3 Å². The van der Waals surface area contributed by atoms with Gasteiger partial charge in [-0.15, -0.1) is 0 Å². The van der Waals surface area contributed by atoms with Crippen LogP contribution in [0.1, 0.15) is 41.6 Å². The molecule has 0 saturated heterocycles. The molecule has 108 valence electrons. The van der Waals surface area contributed by atoms with Crippen molar-refractivity contribution in [2.45, 2.75) is 32.4 Å². The maximum Gasteiger partial charge on any atom is 0.338 e. The zero-order valence-corrected chi connectivity index (χ0v) is 11.4. The van der Waals surface area contributed by atoms with Crippen LogP contribution in [0.5, 0.6) is 0 Å². The van der Waals surface area contributed by atoms with E-state index in [4.69, 9.17) is 4.74 Å². The highest BCUT2D eigenvalue weighted by Crippen LogP contribution is 2.27. The van der Waals surface area contributed by atoms with Gasteiger partial charge in [-0.1, -0.05) is 12.1 Å². The van der Waals surface area contributed by atoms with E-state index in [2.05, 4.69) is 0 Å². The van der Waals surface area contributed by atoms with Gasteiger partial charge in [0.05, 0.1) is 12.2 Å². The van der Waals surface area contributed by atoms with Crippen LogP contribution >= 0.6 is 0 Å². The highest BCUT2D eigenvalue weighted by atomic mass is 19.1. The maximum absolute atomic E-state index is 12.4. The zero-order valence-electron chi connectivity index (χ0n) is 11.4. The number of alkyl halides is 1. The number of hydrogen-bond acceptors (Lipinski definition) is 3. The number of aldehydes is 1. The van der Waals surface area contributed by atoms with Crippen LogP contribution in [0.4, 0.5) is 4.39 Å². The Kier molecular flexibility index (Phi) is 5.27. The number of carbonyl (C=O) groups is 2. The minimum Gasteiger partial charge on any atom is -0.462 e. The lowest BCUT2D eigenvalue weighted by atomic mass is 9.83. The van der Waals surface area contributed by atoms with Crippen LogP contribution < -0.4 is 0 Å². The van der Waals surface area contributed by atoms with Gasteiger partial charge < -0.3 is 9.53 Å². The van der Waals surface area contributed by atoms with Crippen molar-refractivity contribution >= 4 is 12.3 Å². The van der Waals surface area contributed by atoms with E-state index < -0.39 is 6.67 Å². The van der Waals surface area contributed by atoms with Gasteiger partial charge >= 0.3 is 5.97 Å². The number of halogens is 1. The minimum atomic E-state index is -0.532. The van der Waals surface area contributed by atoms with Gasteiger partial charge in [0.1, 0.15) is 13.0 Å². The molecule has 1 aliphatic carbocycles. The molecule has 1 aliphatic rings. The SMILES string of the molecule is O=CC1CCC(COC(=O)c2ccc(CF)cc2)CC1. The smallest absolute Gasteiger partial charge is 0.338 e. The van der Waals surface area contributed by atoms with Gasteiger partial charge in [-0.2, -0.15) is 0 Å². The monoisotopic (exact) mass is 278 g/mol. The summed E-state index contributed by atoms with van der Waals surface area (Å²) < 4.78 is 17.7. The number of benzene rings is 1. The third kappa shape index (κ3) is 3.89. The molecule has 1 fully saturated rings. The molecule has 20 heavy (non-hydrogen) atoms. The van der Waals surface area contributed by atoms with E-state index in [0.717, 1.165) is 32.0 Å². The Morgan fingerprint density at radius 3 is 2.40 bits per heavy atom. The number of hydrogen-bond donors (Lipinski definition) is 0. The third-order valence-corrected chi connectivity index (χ3v) is 3.88. The first kappa shape index (κ1) is 14.7. The summed E-state index contributed by atoms with van der Waals surface area (Å²) in [6, 6.07) is 6.35. The van der Waals surface area contributed by atoms with Crippen LogP contribution in [-0.2, 0) is 16.2 Å². The second kappa shape index (κ2) is 7.17. The molecule has 0 unspecified atom stereocenters. The summed E-state index contributed by atoms with van der Waals surface area (Å²) in [5, 5.41) is 0. The number of ether oxygens (including phenoxy) is 1. The van der Waals surface area contributed by atoms with Crippen LogP contribution in [0.3, 0.4) is 0 Å². The standard InChI is InChI=1S/C16H19FO3/c17-9-12-5-7-15(8-6-12)16(19)20-11-14-3-1-13(10-18)2-4-14/h5-8,10,13-14H,1-4,9,11H2. The Balaban J connectivity index is 1.78. The Labute approximate surface area is 118 Å². The summed E-state index contributed by atoms with van der Waals surface area (Å²) in [7, 11) is 0. The quantitative estimate of drug-likeness (QED) is 0.613. The molecule has 1 aromatic rings. The molecule has 0 atom stereocenters. The molecule has 0 aromatic heterocycles. The summed E-state index contributed by atoms with van der Waals surface area (Å²) in [5.74, 6) is 0.156. The van der Waals surface area contributed by atoms with Crippen LogP contribution in [-0.4, -0.2) is 18.9 Å². The van der Waals surface area contributed by atoms with E-state index in [9.17, 15) is 14.0 Å². The van der Waals surface area contributed by atoms with E-state index in [0.29, 0.717) is 23.7 Å².